The maximum Gasteiger partial charge on any atom is 0.319 e. The van der Waals surface area contributed by atoms with Crippen LogP contribution in [0.5, 0.6) is 5.75 Å². The van der Waals surface area contributed by atoms with Gasteiger partial charge in [-0.25, -0.2) is 4.79 Å². The Morgan fingerprint density at radius 2 is 1.61 bits per heavy atom. The van der Waals surface area contributed by atoms with E-state index in [1.54, 1.807) is 0 Å². The molecule has 0 saturated carbocycles. The topological polar surface area (TPSA) is 59.6 Å². The Labute approximate surface area is 194 Å². The van der Waals surface area contributed by atoms with Crippen LogP contribution in [0.3, 0.4) is 0 Å². The van der Waals surface area contributed by atoms with Crippen LogP contribution in [0.4, 0.5) is 10.5 Å². The van der Waals surface area contributed by atoms with Gasteiger partial charge >= 0.3 is 6.03 Å². The first-order valence-electron chi connectivity index (χ1n) is 11.0. The highest BCUT2D eigenvalue weighted by Gasteiger charge is 2.15. The average Bonchev–Trinajstić information content (AvgIpc) is 2.83. The van der Waals surface area contributed by atoms with Crippen LogP contribution in [0.2, 0.25) is 0 Å². The van der Waals surface area contributed by atoms with Crippen molar-refractivity contribution in [1.29, 1.82) is 0 Å². The van der Waals surface area contributed by atoms with E-state index in [0.717, 1.165) is 33.3 Å². The molecule has 0 radical (unpaired) electrons. The zero-order valence-electron chi connectivity index (χ0n) is 18.7. The molecule has 0 aromatic heterocycles. The van der Waals surface area contributed by atoms with Crippen LogP contribution in [0, 0.1) is 6.92 Å². The molecule has 2 amide bonds. The number of anilines is 1. The van der Waals surface area contributed by atoms with Gasteiger partial charge in [0, 0.05) is 5.39 Å². The molecule has 0 saturated heterocycles. The Morgan fingerprint density at radius 3 is 2.45 bits per heavy atom. The molecule has 0 spiro atoms. The molecule has 4 rings (SSSR count). The maximum atomic E-state index is 12.8. The van der Waals surface area contributed by atoms with Crippen LogP contribution < -0.4 is 15.4 Å². The molecule has 0 bridgehead atoms. The largest absolute Gasteiger partial charge is 0.491 e. The lowest BCUT2D eigenvalue weighted by Gasteiger charge is -2.20. The third-order valence-electron chi connectivity index (χ3n) is 5.24. The molecule has 5 heteroatoms. The number of hydrogen-bond acceptors (Lipinski definition) is 3. The second-order valence-electron chi connectivity index (χ2n) is 7.95. The number of rotatable bonds is 9. The summed E-state index contributed by atoms with van der Waals surface area (Å²) in [7, 11) is 0. The lowest BCUT2D eigenvalue weighted by molar-refractivity contribution is 0.0855. The second-order valence-corrected chi connectivity index (χ2v) is 7.95. The van der Waals surface area contributed by atoms with Crippen LogP contribution in [-0.2, 0) is 11.3 Å². The molecule has 33 heavy (non-hydrogen) atoms. The number of carbonyl (C=O) groups excluding carboxylic acids is 1. The van der Waals surface area contributed by atoms with Crippen molar-refractivity contribution < 1.29 is 14.3 Å². The SMILES string of the molecule is Cc1cccc(OCC(COCc2ccccc2)NC(=O)Nc2cccc3ccccc23)c1. The third kappa shape index (κ3) is 6.57. The van der Waals surface area contributed by atoms with Crippen molar-refractivity contribution in [1.82, 2.24) is 5.32 Å². The van der Waals surface area contributed by atoms with Gasteiger partial charge in [0.25, 0.3) is 0 Å². The summed E-state index contributed by atoms with van der Waals surface area (Å²) >= 11 is 0. The fourth-order valence-corrected chi connectivity index (χ4v) is 3.60. The molecule has 4 aromatic carbocycles. The van der Waals surface area contributed by atoms with Crippen molar-refractivity contribution in [3.8, 4) is 5.75 Å². The highest BCUT2D eigenvalue weighted by atomic mass is 16.5. The Kier molecular flexibility index (Phi) is 7.56. The normalized spacial score (nSPS) is 11.7. The number of nitrogens with one attached hydrogen (secondary N) is 2. The average molecular weight is 441 g/mol. The van der Waals surface area contributed by atoms with E-state index in [1.807, 2.05) is 104 Å². The Hall–Kier alpha value is -3.83. The zero-order chi connectivity index (χ0) is 22.9. The van der Waals surface area contributed by atoms with Crippen molar-refractivity contribution >= 4 is 22.5 Å². The predicted octanol–water partition coefficient (Wildman–Crippen LogP) is 5.93. The highest BCUT2D eigenvalue weighted by molar-refractivity contribution is 6.01. The minimum Gasteiger partial charge on any atom is -0.491 e. The summed E-state index contributed by atoms with van der Waals surface area (Å²) in [5.74, 6) is 0.763. The second kappa shape index (κ2) is 11.2. The zero-order valence-corrected chi connectivity index (χ0v) is 18.7. The number of ether oxygens (including phenoxy) is 2. The predicted molar refractivity (Wildman–Crippen MR) is 133 cm³/mol. The van der Waals surface area contributed by atoms with E-state index < -0.39 is 0 Å². The first kappa shape index (κ1) is 22.4. The first-order valence-corrected chi connectivity index (χ1v) is 11.0. The van der Waals surface area contributed by atoms with Crippen molar-refractivity contribution in [2.75, 3.05) is 18.5 Å². The third-order valence-corrected chi connectivity index (χ3v) is 5.24. The molecule has 168 valence electrons. The standard InChI is InChI=1S/C28H28N2O3/c1-21-9-7-14-25(17-21)33-20-24(19-32-18-22-10-3-2-4-11-22)29-28(31)30-27-16-8-13-23-12-5-6-15-26(23)27/h2-17,24H,18-20H2,1H3,(H2,29,30,31). The molecule has 0 aliphatic rings. The number of amides is 2. The van der Waals surface area contributed by atoms with Gasteiger partial charge in [0.1, 0.15) is 12.4 Å². The van der Waals surface area contributed by atoms with E-state index in [2.05, 4.69) is 10.6 Å². The van der Waals surface area contributed by atoms with Gasteiger partial charge in [-0.15, -0.1) is 0 Å². The van der Waals surface area contributed by atoms with Gasteiger partial charge < -0.3 is 20.1 Å². The summed E-state index contributed by atoms with van der Waals surface area (Å²) < 4.78 is 11.8. The molecule has 1 unspecified atom stereocenters. The van der Waals surface area contributed by atoms with E-state index in [4.69, 9.17) is 9.47 Å². The molecule has 4 aromatic rings. The summed E-state index contributed by atoms with van der Waals surface area (Å²) in [5.41, 5.74) is 2.95. The number of fused-ring (bicyclic) bond motifs is 1. The van der Waals surface area contributed by atoms with E-state index >= 15 is 0 Å². The van der Waals surface area contributed by atoms with Gasteiger partial charge in [-0.1, -0.05) is 78.9 Å². The fraction of sp³-hybridized carbons (Fsp3) is 0.179. The molecule has 1 atom stereocenters. The van der Waals surface area contributed by atoms with Crippen molar-refractivity contribution in [2.45, 2.75) is 19.6 Å². The van der Waals surface area contributed by atoms with Gasteiger partial charge in [0.05, 0.1) is 24.9 Å². The summed E-state index contributed by atoms with van der Waals surface area (Å²) in [6.07, 6.45) is 0. The Balaban J connectivity index is 1.40. The molecule has 0 fully saturated rings. The minimum atomic E-state index is -0.329. The van der Waals surface area contributed by atoms with Gasteiger partial charge in [0.15, 0.2) is 0 Å². The van der Waals surface area contributed by atoms with Crippen molar-refractivity contribution in [3.05, 3.63) is 108 Å². The fourth-order valence-electron chi connectivity index (χ4n) is 3.60. The molecular formula is C28H28N2O3. The van der Waals surface area contributed by atoms with Gasteiger partial charge in [-0.2, -0.15) is 0 Å². The van der Waals surface area contributed by atoms with Crippen molar-refractivity contribution in [2.24, 2.45) is 0 Å². The number of benzene rings is 4. The molecule has 0 aliphatic carbocycles. The summed E-state index contributed by atoms with van der Waals surface area (Å²) in [5, 5.41) is 8.03. The van der Waals surface area contributed by atoms with Gasteiger partial charge in [-0.3, -0.25) is 0 Å². The van der Waals surface area contributed by atoms with Crippen LogP contribution >= 0.6 is 0 Å². The monoisotopic (exact) mass is 440 g/mol. The van der Waals surface area contributed by atoms with E-state index in [9.17, 15) is 4.79 Å². The minimum absolute atomic E-state index is 0.293. The first-order chi connectivity index (χ1) is 16.2. The van der Waals surface area contributed by atoms with Crippen LogP contribution in [0.25, 0.3) is 10.8 Å². The highest BCUT2D eigenvalue weighted by Crippen LogP contribution is 2.22. The quantitative estimate of drug-likeness (QED) is 0.339. The summed E-state index contributed by atoms with van der Waals surface area (Å²) in [4.78, 5) is 12.8. The summed E-state index contributed by atoms with van der Waals surface area (Å²) in [6, 6.07) is 31.0. The molecular weight excluding hydrogens is 412 g/mol. The number of carbonyl (C=O) groups is 1. The molecule has 0 heterocycles. The molecule has 5 nitrogen and oxygen atoms in total. The van der Waals surface area contributed by atoms with Crippen LogP contribution in [0.1, 0.15) is 11.1 Å². The van der Waals surface area contributed by atoms with Crippen LogP contribution in [0.15, 0.2) is 97.1 Å². The lowest BCUT2D eigenvalue weighted by atomic mass is 10.1. The number of urea groups is 1. The van der Waals surface area contributed by atoms with Crippen LogP contribution in [-0.4, -0.2) is 25.3 Å². The lowest BCUT2D eigenvalue weighted by Crippen LogP contribution is -2.44. The van der Waals surface area contributed by atoms with Gasteiger partial charge in [0.2, 0.25) is 0 Å². The molecule has 0 aliphatic heterocycles. The summed E-state index contributed by atoms with van der Waals surface area (Å²) in [6.45, 7) is 3.10. The maximum absolute atomic E-state index is 12.8. The smallest absolute Gasteiger partial charge is 0.319 e. The Morgan fingerprint density at radius 1 is 0.848 bits per heavy atom. The van der Waals surface area contributed by atoms with Gasteiger partial charge in [-0.05, 0) is 41.6 Å². The van der Waals surface area contributed by atoms with E-state index in [0.29, 0.717) is 19.8 Å². The number of hydrogen-bond donors (Lipinski definition) is 2. The van der Waals surface area contributed by atoms with E-state index in [-0.39, 0.29) is 12.1 Å². The van der Waals surface area contributed by atoms with Crippen molar-refractivity contribution in [3.63, 3.8) is 0 Å². The number of aryl methyl sites for hydroxylation is 1. The van der Waals surface area contributed by atoms with E-state index in [1.165, 1.54) is 0 Å². The molecule has 2 N–H and O–H groups in total. The Bertz CT molecular complexity index is 1190.